The van der Waals surface area contributed by atoms with E-state index in [9.17, 15) is 4.79 Å². The van der Waals surface area contributed by atoms with Crippen molar-refractivity contribution in [1.82, 2.24) is 25.3 Å². The number of urea groups is 1. The summed E-state index contributed by atoms with van der Waals surface area (Å²) in [5.74, 6) is 1.90. The van der Waals surface area contributed by atoms with Gasteiger partial charge in [0.1, 0.15) is 5.75 Å². The van der Waals surface area contributed by atoms with Crippen molar-refractivity contribution < 1.29 is 9.53 Å². The summed E-state index contributed by atoms with van der Waals surface area (Å²) in [5.41, 5.74) is 4.36. The van der Waals surface area contributed by atoms with Crippen LogP contribution in [0.3, 0.4) is 0 Å². The molecule has 3 aromatic rings. The number of aromatic nitrogens is 2. The topological polar surface area (TPSA) is 71.4 Å². The summed E-state index contributed by atoms with van der Waals surface area (Å²) in [4.78, 5) is 14.9. The molecule has 2 amide bonds. The highest BCUT2D eigenvalue weighted by Crippen LogP contribution is 2.42. The fourth-order valence-corrected chi connectivity index (χ4v) is 5.55. The van der Waals surface area contributed by atoms with Crippen LogP contribution in [0.25, 0.3) is 11.3 Å². The van der Waals surface area contributed by atoms with Gasteiger partial charge in [0.05, 0.1) is 12.8 Å². The Morgan fingerprint density at radius 3 is 2.68 bits per heavy atom. The van der Waals surface area contributed by atoms with E-state index in [4.69, 9.17) is 9.84 Å². The number of carbonyl (C=O) groups is 1. The number of hydrogen-bond donors (Lipinski definition) is 2. The van der Waals surface area contributed by atoms with Gasteiger partial charge in [0.2, 0.25) is 0 Å². The number of rotatable bonds is 7. The summed E-state index contributed by atoms with van der Waals surface area (Å²) in [5, 5.41) is 10.9. The monoisotopic (exact) mass is 459 g/mol. The van der Waals surface area contributed by atoms with E-state index in [0.29, 0.717) is 31.0 Å². The highest BCUT2D eigenvalue weighted by atomic mass is 16.5. The van der Waals surface area contributed by atoms with Gasteiger partial charge in [-0.05, 0) is 49.1 Å². The first-order valence-corrected chi connectivity index (χ1v) is 12.1. The molecule has 4 atom stereocenters. The largest absolute Gasteiger partial charge is 0.496 e. The highest BCUT2D eigenvalue weighted by molar-refractivity contribution is 5.73. The van der Waals surface area contributed by atoms with Crippen LogP contribution in [0.1, 0.15) is 30.0 Å². The Labute approximate surface area is 201 Å². The zero-order valence-electron chi connectivity index (χ0n) is 19.9. The third-order valence-electron chi connectivity index (χ3n) is 7.35. The number of piperidine rings is 3. The molecule has 0 saturated carbocycles. The van der Waals surface area contributed by atoms with Gasteiger partial charge in [-0.15, -0.1) is 0 Å². The number of para-hydroxylation sites is 1. The maximum absolute atomic E-state index is 12.3. The van der Waals surface area contributed by atoms with Crippen molar-refractivity contribution >= 4 is 6.03 Å². The summed E-state index contributed by atoms with van der Waals surface area (Å²) in [7, 11) is 3.74. The highest BCUT2D eigenvalue weighted by Gasteiger charge is 2.41. The van der Waals surface area contributed by atoms with Crippen molar-refractivity contribution in [3.63, 3.8) is 0 Å². The van der Waals surface area contributed by atoms with Gasteiger partial charge < -0.3 is 15.4 Å². The molecule has 34 heavy (non-hydrogen) atoms. The predicted molar refractivity (Wildman–Crippen MR) is 133 cm³/mol. The number of methoxy groups -OCH3 is 1. The van der Waals surface area contributed by atoms with Crippen LogP contribution in [0.4, 0.5) is 4.79 Å². The summed E-state index contributed by atoms with van der Waals surface area (Å²) in [6.45, 7) is 3.33. The van der Waals surface area contributed by atoms with E-state index < -0.39 is 0 Å². The number of nitrogens with one attached hydrogen (secondary N) is 2. The van der Waals surface area contributed by atoms with E-state index in [1.807, 2.05) is 60.3 Å². The van der Waals surface area contributed by atoms with E-state index in [2.05, 4.69) is 27.7 Å². The lowest BCUT2D eigenvalue weighted by molar-refractivity contribution is 0.0294. The van der Waals surface area contributed by atoms with E-state index in [1.54, 1.807) is 7.11 Å². The Hall–Kier alpha value is -3.32. The summed E-state index contributed by atoms with van der Waals surface area (Å²) in [6.07, 6.45) is 2.29. The number of ether oxygens (including phenoxy) is 1. The van der Waals surface area contributed by atoms with E-state index in [-0.39, 0.29) is 6.03 Å². The number of carbonyl (C=O) groups excluding carboxylic acids is 1. The minimum Gasteiger partial charge on any atom is -0.496 e. The fourth-order valence-electron chi connectivity index (χ4n) is 5.55. The van der Waals surface area contributed by atoms with Crippen LogP contribution < -0.4 is 15.4 Å². The maximum atomic E-state index is 12.3. The van der Waals surface area contributed by atoms with Crippen LogP contribution >= 0.6 is 0 Å². The maximum Gasteiger partial charge on any atom is 0.315 e. The molecule has 7 heteroatoms. The van der Waals surface area contributed by atoms with Crippen molar-refractivity contribution in [3.05, 3.63) is 71.9 Å². The Bertz CT molecular complexity index is 1130. The molecular weight excluding hydrogens is 426 g/mol. The van der Waals surface area contributed by atoms with Gasteiger partial charge in [-0.3, -0.25) is 9.58 Å². The molecule has 178 valence electrons. The molecule has 0 spiro atoms. The molecule has 3 fully saturated rings. The first-order chi connectivity index (χ1) is 16.6. The second kappa shape index (κ2) is 9.89. The van der Waals surface area contributed by atoms with Crippen molar-refractivity contribution in [3.8, 4) is 17.0 Å². The van der Waals surface area contributed by atoms with Crippen LogP contribution in [-0.4, -0.2) is 53.5 Å². The molecule has 2 bridgehead atoms. The van der Waals surface area contributed by atoms with Crippen LogP contribution in [-0.2, 0) is 13.6 Å². The normalized spacial score (nSPS) is 23.5. The Morgan fingerprint density at radius 2 is 1.91 bits per heavy atom. The summed E-state index contributed by atoms with van der Waals surface area (Å²) in [6, 6.07) is 20.5. The number of nitrogens with zero attached hydrogens (tertiary/aromatic N) is 3. The minimum atomic E-state index is -0.101. The molecule has 1 aromatic heterocycles. The van der Waals surface area contributed by atoms with E-state index in [1.165, 1.54) is 12.1 Å². The van der Waals surface area contributed by atoms with Crippen molar-refractivity contribution in [2.45, 2.75) is 31.3 Å². The molecule has 0 radical (unpaired) electrons. The molecular formula is C27H33N5O2. The smallest absolute Gasteiger partial charge is 0.315 e. The van der Waals surface area contributed by atoms with Crippen LogP contribution in [0.2, 0.25) is 0 Å². The summed E-state index contributed by atoms with van der Waals surface area (Å²) >= 11 is 0. The Morgan fingerprint density at radius 1 is 1.12 bits per heavy atom. The average molecular weight is 460 g/mol. The zero-order valence-corrected chi connectivity index (χ0v) is 19.9. The van der Waals surface area contributed by atoms with Gasteiger partial charge in [-0.25, -0.2) is 4.79 Å². The molecule has 6 rings (SSSR count). The number of benzene rings is 2. The van der Waals surface area contributed by atoms with Gasteiger partial charge in [0, 0.05) is 49.9 Å². The second-order valence-corrected chi connectivity index (χ2v) is 9.37. The fraction of sp³-hybridized carbons (Fsp3) is 0.407. The third kappa shape index (κ3) is 4.66. The van der Waals surface area contributed by atoms with Gasteiger partial charge in [-0.1, -0.05) is 42.5 Å². The first kappa shape index (κ1) is 22.5. The van der Waals surface area contributed by atoms with Gasteiger partial charge >= 0.3 is 6.03 Å². The molecule has 2 N–H and O–H groups in total. The van der Waals surface area contributed by atoms with Crippen molar-refractivity contribution in [2.24, 2.45) is 13.0 Å². The molecule has 0 aliphatic carbocycles. The first-order valence-electron chi connectivity index (χ1n) is 12.1. The molecule has 4 heterocycles. The van der Waals surface area contributed by atoms with E-state index in [0.717, 1.165) is 42.1 Å². The second-order valence-electron chi connectivity index (χ2n) is 9.37. The lowest BCUT2D eigenvalue weighted by Gasteiger charge is -2.49. The number of hydrogen-bond acceptors (Lipinski definition) is 4. The van der Waals surface area contributed by atoms with E-state index >= 15 is 0 Å². The van der Waals surface area contributed by atoms with Crippen molar-refractivity contribution in [2.75, 3.05) is 26.7 Å². The minimum absolute atomic E-state index is 0.101. The van der Waals surface area contributed by atoms with Gasteiger partial charge in [0.15, 0.2) is 0 Å². The summed E-state index contributed by atoms with van der Waals surface area (Å²) < 4.78 is 7.59. The predicted octanol–water partition coefficient (Wildman–Crippen LogP) is 3.77. The number of aryl methyl sites for hydroxylation is 1. The molecule has 3 aliphatic heterocycles. The zero-order chi connectivity index (χ0) is 23.5. The SMILES string of the molecule is COc1ccccc1-c1cc([C@@H]2CN3CC[C@H]2C[C@@H]3CNC(=O)NCc2ccccc2)n(C)n1. The number of amides is 2. The molecule has 3 aliphatic rings. The van der Waals surface area contributed by atoms with Gasteiger partial charge in [0.25, 0.3) is 0 Å². The van der Waals surface area contributed by atoms with Crippen LogP contribution in [0.5, 0.6) is 5.75 Å². The lowest BCUT2D eigenvalue weighted by atomic mass is 9.74. The quantitative estimate of drug-likeness (QED) is 0.564. The average Bonchev–Trinajstić information content (AvgIpc) is 3.28. The standard InChI is InChI=1S/C27H33N5O2/c1-31-25(15-24(30-31)22-10-6-7-11-26(22)34-2)23-18-32-13-12-20(23)14-21(32)17-29-27(33)28-16-19-8-4-3-5-9-19/h3-11,15,20-21,23H,12-14,16-18H2,1-2H3,(H2,28,29,33)/t20-,21+,23+/m0/s1. The lowest BCUT2D eigenvalue weighted by Crippen LogP contribution is -2.56. The van der Waals surface area contributed by atoms with Crippen LogP contribution in [0, 0.1) is 5.92 Å². The Balaban J connectivity index is 1.20. The molecule has 3 saturated heterocycles. The van der Waals surface area contributed by atoms with Gasteiger partial charge in [-0.2, -0.15) is 5.10 Å². The Kier molecular flexibility index (Phi) is 6.54. The third-order valence-corrected chi connectivity index (χ3v) is 7.35. The molecule has 1 unspecified atom stereocenters. The molecule has 7 nitrogen and oxygen atoms in total. The van der Waals surface area contributed by atoms with Crippen molar-refractivity contribution in [1.29, 1.82) is 0 Å². The molecule has 2 aromatic carbocycles. The number of fused-ring (bicyclic) bond motifs is 3. The van der Waals surface area contributed by atoms with Crippen LogP contribution in [0.15, 0.2) is 60.7 Å².